The molecule has 6 rings (SSSR count). The number of rotatable bonds is 4. The third-order valence-corrected chi connectivity index (χ3v) is 8.89. The maximum Gasteiger partial charge on any atom is -0.109 e. The fourth-order valence-corrected chi connectivity index (χ4v) is 6.47. The minimum Gasteiger partial charge on any atom is -0.273 e. The first-order valence-corrected chi connectivity index (χ1v) is 17.1. The van der Waals surface area contributed by atoms with E-state index in [-0.39, 0.29) is 35.6 Å². The molecule has 46 heavy (non-hydrogen) atoms. The molecule has 0 nitrogen and oxygen atoms in total. The number of hydrogen-bond donors (Lipinski definition) is 0. The molecule has 0 heterocycles. The van der Waals surface area contributed by atoms with Crippen LogP contribution in [-0.2, 0) is 47.9 Å². The van der Waals surface area contributed by atoms with E-state index < -0.39 is 0 Å². The average molecular weight is 729 g/mol. The van der Waals surface area contributed by atoms with Crippen LogP contribution in [-0.4, -0.2) is 3.21 Å². The van der Waals surface area contributed by atoms with Crippen molar-refractivity contribution >= 4 is 49.6 Å². The molecule has 0 saturated carbocycles. The first-order chi connectivity index (χ1) is 20.8. The van der Waals surface area contributed by atoms with Gasteiger partial charge in [0.15, 0.2) is 0 Å². The van der Waals surface area contributed by atoms with Crippen molar-refractivity contribution in [2.75, 3.05) is 0 Å². The molecular weight excluding hydrogens is 679 g/mol. The quantitative estimate of drug-likeness (QED) is 0.162. The largest absolute Gasteiger partial charge is 0.273 e. The Kier molecular flexibility index (Phi) is 15.2. The molecule has 5 aromatic rings. The molecule has 3 heteroatoms. The van der Waals surface area contributed by atoms with Gasteiger partial charge in [-0.2, -0.15) is 6.08 Å². The molecular formula is C43H50Cl2Zr. The molecule has 0 N–H and O–H groups in total. The van der Waals surface area contributed by atoms with Gasteiger partial charge >= 0.3 is 125 Å². The summed E-state index contributed by atoms with van der Waals surface area (Å²) in [6.07, 6.45) is 12.2. The second-order valence-corrected chi connectivity index (χ2v) is 15.9. The fourth-order valence-electron chi connectivity index (χ4n) is 5.47. The average Bonchev–Trinajstić information content (AvgIpc) is 3.64. The van der Waals surface area contributed by atoms with Crippen molar-refractivity contribution in [1.29, 1.82) is 0 Å². The monoisotopic (exact) mass is 726 g/mol. The second kappa shape index (κ2) is 17.6. The van der Waals surface area contributed by atoms with Crippen LogP contribution in [0.15, 0.2) is 109 Å². The Balaban J connectivity index is 0.000000270. The smallest absolute Gasteiger partial charge is 0.109 e. The second-order valence-electron chi connectivity index (χ2n) is 14.2. The van der Waals surface area contributed by atoms with Gasteiger partial charge in [-0.1, -0.05) is 76.9 Å². The molecule has 5 aromatic carbocycles. The summed E-state index contributed by atoms with van der Waals surface area (Å²) in [6.45, 7) is 18.0. The Labute approximate surface area is 305 Å². The van der Waals surface area contributed by atoms with Crippen LogP contribution in [0.4, 0.5) is 0 Å². The molecule has 0 atom stereocenters. The van der Waals surface area contributed by atoms with E-state index in [9.17, 15) is 0 Å². The molecule has 240 valence electrons. The van der Waals surface area contributed by atoms with Crippen LogP contribution in [0.1, 0.15) is 81.3 Å². The van der Waals surface area contributed by atoms with Gasteiger partial charge in [0.1, 0.15) is 0 Å². The van der Waals surface area contributed by atoms with Gasteiger partial charge in [-0.3, -0.25) is 6.08 Å². The van der Waals surface area contributed by atoms with Crippen molar-refractivity contribution in [3.8, 4) is 0 Å². The van der Waals surface area contributed by atoms with Crippen molar-refractivity contribution < 1.29 is 24.2 Å². The minimum absolute atomic E-state index is 0. The van der Waals surface area contributed by atoms with Crippen LogP contribution in [0.2, 0.25) is 0 Å². The summed E-state index contributed by atoms with van der Waals surface area (Å²) < 4.78 is 1.61. The maximum atomic E-state index is 2.99. The van der Waals surface area contributed by atoms with Crippen LogP contribution >= 0.6 is 24.8 Å². The van der Waals surface area contributed by atoms with E-state index in [4.69, 9.17) is 0 Å². The predicted molar refractivity (Wildman–Crippen MR) is 205 cm³/mol. The van der Waals surface area contributed by atoms with E-state index in [1.165, 1.54) is 54.9 Å². The summed E-state index contributed by atoms with van der Waals surface area (Å²) >= 11 is 1.55. The molecule has 0 aliphatic heterocycles. The Morgan fingerprint density at radius 3 is 1.46 bits per heavy atom. The van der Waals surface area contributed by atoms with E-state index in [2.05, 4.69) is 159 Å². The van der Waals surface area contributed by atoms with Crippen LogP contribution in [0.3, 0.4) is 0 Å². The summed E-state index contributed by atoms with van der Waals surface area (Å²) in [7, 11) is 0. The Hall–Kier alpha value is -2.44. The van der Waals surface area contributed by atoms with Gasteiger partial charge in [-0.05, 0) is 10.8 Å². The van der Waals surface area contributed by atoms with Crippen molar-refractivity contribution in [3.05, 3.63) is 149 Å². The molecule has 1 aliphatic rings. The van der Waals surface area contributed by atoms with Crippen LogP contribution in [0, 0.1) is 19.9 Å². The van der Waals surface area contributed by atoms with Gasteiger partial charge in [-0.25, -0.2) is 12.2 Å². The van der Waals surface area contributed by atoms with Crippen LogP contribution in [0.25, 0.3) is 21.5 Å². The van der Waals surface area contributed by atoms with E-state index in [1.807, 2.05) is 12.2 Å². The van der Waals surface area contributed by atoms with Gasteiger partial charge in [0, 0.05) is 0 Å². The number of hydrogen-bond acceptors (Lipinski definition) is 0. The zero-order valence-corrected chi connectivity index (χ0v) is 32.9. The first-order valence-electron chi connectivity index (χ1n) is 15.8. The minimum atomic E-state index is 0. The Morgan fingerprint density at radius 1 is 0.674 bits per heavy atom. The number of fused-ring (bicyclic) bond motifs is 3. The molecule has 0 fully saturated rings. The van der Waals surface area contributed by atoms with Crippen LogP contribution in [0.5, 0.6) is 0 Å². The van der Waals surface area contributed by atoms with Crippen molar-refractivity contribution in [1.82, 2.24) is 0 Å². The molecule has 0 radical (unpaired) electrons. The van der Waals surface area contributed by atoms with Gasteiger partial charge < -0.3 is 0 Å². The van der Waals surface area contributed by atoms with Gasteiger partial charge in [0.25, 0.3) is 0 Å². The molecule has 0 aromatic heterocycles. The molecule has 0 unspecified atom stereocenters. The Bertz CT molecular complexity index is 1660. The standard InChI is InChI=1S/C21H25.C17H18.C5H5.2ClH.Zr/c1-20(2,3)16-9-7-14-11-15-8-10-17(21(4,5)6)13-19(15)18(14)12-16;1-14-6-3-8-16(12-14)10-5-11-17-9-4-7-15(2)13-17;1-2-4-5-3-1;;;/h7-13H,1-6H3;3-4,6-9,12-13H,10-11H2,1-2H3;1-3H,4H2;2*1H;/q-1;;-1;;;+2. The zero-order valence-electron chi connectivity index (χ0n) is 28.8. The van der Waals surface area contributed by atoms with Crippen molar-refractivity contribution in [2.45, 2.75) is 85.5 Å². The van der Waals surface area contributed by atoms with Gasteiger partial charge in [0.05, 0.1) is 0 Å². The third kappa shape index (κ3) is 11.7. The van der Waals surface area contributed by atoms with Crippen LogP contribution < -0.4 is 0 Å². The maximum absolute atomic E-state index is 2.99. The number of halogens is 2. The summed E-state index contributed by atoms with van der Waals surface area (Å²) in [6, 6.07) is 33.8. The van der Waals surface area contributed by atoms with Crippen molar-refractivity contribution in [3.63, 3.8) is 0 Å². The summed E-state index contributed by atoms with van der Waals surface area (Å²) in [5, 5.41) is 5.49. The van der Waals surface area contributed by atoms with Crippen molar-refractivity contribution in [2.24, 2.45) is 0 Å². The first kappa shape index (κ1) is 39.7. The number of benzene rings is 4. The van der Waals surface area contributed by atoms with Gasteiger partial charge in [0.2, 0.25) is 0 Å². The van der Waals surface area contributed by atoms with E-state index in [0.717, 1.165) is 19.3 Å². The third-order valence-electron chi connectivity index (χ3n) is 8.03. The normalized spacial score (nSPS) is 12.0. The predicted octanol–water partition coefficient (Wildman–Crippen LogP) is 12.3. The molecule has 0 spiro atoms. The Morgan fingerprint density at radius 2 is 1.13 bits per heavy atom. The molecule has 1 aliphatic carbocycles. The SMILES string of the molecule is CC(C)(C)c1ccc2[cH-]c3ccc(C(C)(C)C)cc3c2c1.Cc1cccc(C[C](=[Zr+2])Cc2cccc(C)c2)c1.Cl.Cl.[C-]1=CC=CC1. The summed E-state index contributed by atoms with van der Waals surface area (Å²) in [5.74, 6) is 0. The zero-order chi connectivity index (χ0) is 31.9. The van der Waals surface area contributed by atoms with Gasteiger partial charge in [-0.15, -0.1) is 71.0 Å². The van der Waals surface area contributed by atoms with E-state index in [1.54, 1.807) is 27.4 Å². The topological polar surface area (TPSA) is 0 Å². The molecule has 0 saturated heterocycles. The molecule has 0 bridgehead atoms. The number of allylic oxidation sites excluding steroid dienone is 4. The molecule has 0 amide bonds. The van der Waals surface area contributed by atoms with E-state index >= 15 is 0 Å². The summed E-state index contributed by atoms with van der Waals surface area (Å²) in [4.78, 5) is 0. The summed E-state index contributed by atoms with van der Waals surface area (Å²) in [5.41, 5.74) is 8.79. The van der Waals surface area contributed by atoms with E-state index in [0.29, 0.717) is 0 Å². The number of aryl methyl sites for hydroxylation is 2. The fraction of sp³-hybridized carbons (Fsp3) is 0.302.